The lowest BCUT2D eigenvalue weighted by atomic mass is 10.0. The number of allylic oxidation sites excluding steroid dienone is 1. The average molecular weight is 412 g/mol. The fraction of sp³-hybridized carbons (Fsp3) is 0.500. The maximum atomic E-state index is 13.3. The van der Waals surface area contributed by atoms with Gasteiger partial charge in [0.1, 0.15) is 5.69 Å². The number of nitrogens with one attached hydrogen (secondary N) is 1. The Balaban J connectivity index is 1.81. The molecule has 0 unspecified atom stereocenters. The second kappa shape index (κ2) is 9.37. The highest BCUT2D eigenvalue weighted by atomic mass is 16.6. The number of fused-ring (bicyclic) bond motifs is 1. The monoisotopic (exact) mass is 411 g/mol. The molecule has 6 heteroatoms. The number of likely N-dealkylation sites (tertiary alicyclic amines) is 1. The Morgan fingerprint density at radius 2 is 2.00 bits per heavy atom. The molecule has 1 aliphatic rings. The fourth-order valence-corrected chi connectivity index (χ4v) is 4.19. The van der Waals surface area contributed by atoms with Gasteiger partial charge in [0.25, 0.3) is 5.91 Å². The Kier molecular flexibility index (Phi) is 6.85. The van der Waals surface area contributed by atoms with E-state index >= 15 is 0 Å². The molecule has 6 nitrogen and oxygen atoms in total. The molecule has 0 bridgehead atoms. The van der Waals surface area contributed by atoms with E-state index in [0.717, 1.165) is 29.3 Å². The summed E-state index contributed by atoms with van der Waals surface area (Å²) in [7, 11) is 0. The summed E-state index contributed by atoms with van der Waals surface area (Å²) < 4.78 is 7.12. The van der Waals surface area contributed by atoms with Gasteiger partial charge in [-0.15, -0.1) is 6.58 Å². The van der Waals surface area contributed by atoms with Crippen LogP contribution < -0.4 is 5.32 Å². The zero-order valence-corrected chi connectivity index (χ0v) is 18.5. The summed E-state index contributed by atoms with van der Waals surface area (Å²) in [6.07, 6.45) is 3.00. The SMILES string of the molecule is C=CCn1c(C(=O)NC2CCN(C(=O)OCC)CC2)c(C)c2cc(C(C)C)ccc21. The Hall–Kier alpha value is -2.76. The predicted molar refractivity (Wildman–Crippen MR) is 120 cm³/mol. The molecule has 0 spiro atoms. The minimum atomic E-state index is -0.273. The summed E-state index contributed by atoms with van der Waals surface area (Å²) in [5.74, 6) is 0.365. The quantitative estimate of drug-likeness (QED) is 0.706. The van der Waals surface area contributed by atoms with Crippen LogP contribution in [0.25, 0.3) is 10.9 Å². The molecule has 3 rings (SSSR count). The van der Waals surface area contributed by atoms with E-state index in [9.17, 15) is 9.59 Å². The highest BCUT2D eigenvalue weighted by Crippen LogP contribution is 2.29. The van der Waals surface area contributed by atoms with Crippen molar-refractivity contribution in [2.75, 3.05) is 19.7 Å². The predicted octanol–water partition coefficient (Wildman–Crippen LogP) is 4.61. The summed E-state index contributed by atoms with van der Waals surface area (Å²) in [5.41, 5.74) is 4.01. The zero-order valence-electron chi connectivity index (χ0n) is 18.5. The molecule has 1 aliphatic heterocycles. The van der Waals surface area contributed by atoms with Gasteiger partial charge < -0.3 is 19.5 Å². The Morgan fingerprint density at radius 1 is 1.30 bits per heavy atom. The molecule has 1 aromatic heterocycles. The van der Waals surface area contributed by atoms with E-state index in [4.69, 9.17) is 4.74 Å². The third kappa shape index (κ3) is 4.37. The maximum absolute atomic E-state index is 13.3. The smallest absolute Gasteiger partial charge is 0.409 e. The average Bonchev–Trinajstić information content (AvgIpc) is 3.00. The minimum Gasteiger partial charge on any atom is -0.450 e. The number of hydrogen-bond donors (Lipinski definition) is 1. The molecule has 0 saturated carbocycles. The molecule has 1 aromatic carbocycles. The van der Waals surface area contributed by atoms with Crippen LogP contribution in [-0.2, 0) is 11.3 Å². The molecule has 2 heterocycles. The molecule has 1 saturated heterocycles. The molecule has 0 atom stereocenters. The lowest BCUT2D eigenvalue weighted by Crippen LogP contribution is -2.47. The van der Waals surface area contributed by atoms with Gasteiger partial charge >= 0.3 is 6.09 Å². The molecular weight excluding hydrogens is 378 g/mol. The molecule has 2 amide bonds. The largest absolute Gasteiger partial charge is 0.450 e. The van der Waals surface area contributed by atoms with Crippen molar-refractivity contribution < 1.29 is 14.3 Å². The first-order valence-electron chi connectivity index (χ1n) is 10.8. The number of nitrogens with zero attached hydrogens (tertiary/aromatic N) is 2. The first-order valence-corrected chi connectivity index (χ1v) is 10.8. The van der Waals surface area contributed by atoms with Crippen LogP contribution in [0.1, 0.15) is 61.1 Å². The van der Waals surface area contributed by atoms with Crippen molar-refractivity contribution in [1.29, 1.82) is 0 Å². The summed E-state index contributed by atoms with van der Waals surface area (Å²) in [6.45, 7) is 14.2. The van der Waals surface area contributed by atoms with Crippen molar-refractivity contribution in [2.45, 2.75) is 59.0 Å². The Labute approximate surface area is 178 Å². The Morgan fingerprint density at radius 3 is 2.60 bits per heavy atom. The van der Waals surface area contributed by atoms with Crippen LogP contribution in [0, 0.1) is 6.92 Å². The van der Waals surface area contributed by atoms with Crippen molar-refractivity contribution in [3.05, 3.63) is 47.7 Å². The lowest BCUT2D eigenvalue weighted by molar-refractivity contribution is 0.0854. The van der Waals surface area contributed by atoms with E-state index in [1.807, 2.05) is 17.6 Å². The summed E-state index contributed by atoms with van der Waals surface area (Å²) in [4.78, 5) is 26.9. The molecule has 2 aromatic rings. The number of carbonyl (C=O) groups excluding carboxylic acids is 2. The zero-order chi connectivity index (χ0) is 21.8. The lowest BCUT2D eigenvalue weighted by Gasteiger charge is -2.31. The molecule has 30 heavy (non-hydrogen) atoms. The van der Waals surface area contributed by atoms with Crippen LogP contribution in [0.15, 0.2) is 30.9 Å². The Bertz CT molecular complexity index is 937. The van der Waals surface area contributed by atoms with E-state index in [1.54, 1.807) is 11.8 Å². The van der Waals surface area contributed by atoms with E-state index in [0.29, 0.717) is 37.9 Å². The van der Waals surface area contributed by atoms with Gasteiger partial charge in [-0.3, -0.25) is 4.79 Å². The fourth-order valence-electron chi connectivity index (χ4n) is 4.19. The number of hydrogen-bond acceptors (Lipinski definition) is 3. The van der Waals surface area contributed by atoms with Crippen molar-refractivity contribution >= 4 is 22.9 Å². The van der Waals surface area contributed by atoms with Crippen LogP contribution in [0.2, 0.25) is 0 Å². The van der Waals surface area contributed by atoms with E-state index in [-0.39, 0.29) is 18.0 Å². The van der Waals surface area contributed by atoms with Gasteiger partial charge in [-0.2, -0.15) is 0 Å². The number of ether oxygens (including phenoxy) is 1. The molecule has 0 radical (unpaired) electrons. The number of aryl methyl sites for hydroxylation is 1. The maximum Gasteiger partial charge on any atom is 0.409 e. The van der Waals surface area contributed by atoms with Crippen LogP contribution in [0.4, 0.5) is 4.79 Å². The number of carbonyl (C=O) groups is 2. The third-order valence-electron chi connectivity index (χ3n) is 5.89. The number of benzene rings is 1. The van der Waals surface area contributed by atoms with Gasteiger partial charge in [0.05, 0.1) is 6.61 Å². The summed E-state index contributed by atoms with van der Waals surface area (Å²) in [5, 5.41) is 4.31. The number of aromatic nitrogens is 1. The van der Waals surface area contributed by atoms with Crippen molar-refractivity contribution in [3.8, 4) is 0 Å². The highest BCUT2D eigenvalue weighted by molar-refractivity contribution is 6.02. The van der Waals surface area contributed by atoms with Gasteiger partial charge in [-0.1, -0.05) is 26.0 Å². The first kappa shape index (κ1) is 21.9. The van der Waals surface area contributed by atoms with Gasteiger partial charge in [0.2, 0.25) is 0 Å². The van der Waals surface area contributed by atoms with Crippen LogP contribution in [-0.4, -0.2) is 47.2 Å². The molecular formula is C24H33N3O3. The molecule has 1 fully saturated rings. The van der Waals surface area contributed by atoms with Gasteiger partial charge in [0.15, 0.2) is 0 Å². The standard InChI is InChI=1S/C24H33N3O3/c1-6-12-27-21-9-8-18(16(3)4)15-20(21)17(5)22(27)23(28)25-19-10-13-26(14-11-19)24(29)30-7-2/h6,8-9,15-16,19H,1,7,10-14H2,2-5H3,(H,25,28). The van der Waals surface area contributed by atoms with Gasteiger partial charge in [-0.05, 0) is 55.9 Å². The molecule has 162 valence electrons. The first-order chi connectivity index (χ1) is 14.4. The van der Waals surface area contributed by atoms with Crippen molar-refractivity contribution in [2.24, 2.45) is 0 Å². The van der Waals surface area contributed by atoms with Crippen LogP contribution in [0.5, 0.6) is 0 Å². The topological polar surface area (TPSA) is 63.6 Å². The normalized spacial score (nSPS) is 14.9. The number of rotatable bonds is 6. The molecule has 1 N–H and O–H groups in total. The van der Waals surface area contributed by atoms with E-state index in [2.05, 4.69) is 43.9 Å². The highest BCUT2D eigenvalue weighted by Gasteiger charge is 2.27. The summed E-state index contributed by atoms with van der Waals surface area (Å²) in [6, 6.07) is 6.49. The van der Waals surface area contributed by atoms with E-state index < -0.39 is 0 Å². The van der Waals surface area contributed by atoms with Crippen molar-refractivity contribution in [1.82, 2.24) is 14.8 Å². The minimum absolute atomic E-state index is 0.0454. The van der Waals surface area contributed by atoms with Gasteiger partial charge in [-0.25, -0.2) is 4.79 Å². The summed E-state index contributed by atoms with van der Waals surface area (Å²) >= 11 is 0. The second-order valence-electron chi connectivity index (χ2n) is 8.24. The van der Waals surface area contributed by atoms with Gasteiger partial charge in [0, 0.05) is 36.6 Å². The van der Waals surface area contributed by atoms with E-state index in [1.165, 1.54) is 5.56 Å². The van der Waals surface area contributed by atoms with Crippen LogP contribution in [0.3, 0.4) is 0 Å². The number of amides is 2. The molecule has 0 aliphatic carbocycles. The second-order valence-corrected chi connectivity index (χ2v) is 8.24. The number of piperidine rings is 1. The third-order valence-corrected chi connectivity index (χ3v) is 5.89. The van der Waals surface area contributed by atoms with Crippen LogP contribution >= 0.6 is 0 Å². The van der Waals surface area contributed by atoms with Crippen molar-refractivity contribution in [3.63, 3.8) is 0 Å².